The molecule has 2 N–H and O–H groups in total. The van der Waals surface area contributed by atoms with Gasteiger partial charge in [-0.15, -0.1) is 0 Å². The molecule has 2 bridgehead atoms. The molecule has 2 aromatic rings. The fourth-order valence-corrected chi connectivity index (χ4v) is 5.42. The molecular formula is C22H19IN2O4. The van der Waals surface area contributed by atoms with Crippen LogP contribution in [0.2, 0.25) is 0 Å². The van der Waals surface area contributed by atoms with Crippen LogP contribution in [0.5, 0.6) is 0 Å². The maximum Gasteiger partial charge on any atom is 0.310 e. The predicted octanol–water partition coefficient (Wildman–Crippen LogP) is 3.68. The Kier molecular flexibility index (Phi) is 4.57. The van der Waals surface area contributed by atoms with Gasteiger partial charge in [0.2, 0.25) is 5.91 Å². The minimum Gasteiger partial charge on any atom is -0.462 e. The number of esters is 1. The van der Waals surface area contributed by atoms with E-state index in [9.17, 15) is 14.4 Å². The highest BCUT2D eigenvalue weighted by molar-refractivity contribution is 14.1. The van der Waals surface area contributed by atoms with Gasteiger partial charge in [-0.3, -0.25) is 14.4 Å². The summed E-state index contributed by atoms with van der Waals surface area (Å²) < 4.78 is 6.50. The summed E-state index contributed by atoms with van der Waals surface area (Å²) in [5, 5.41) is 5.77. The van der Waals surface area contributed by atoms with Crippen LogP contribution in [-0.2, 0) is 14.3 Å². The molecular weight excluding hydrogens is 483 g/mol. The first kappa shape index (κ1) is 18.6. The molecule has 29 heavy (non-hydrogen) atoms. The maximum absolute atomic E-state index is 12.9. The van der Waals surface area contributed by atoms with Crippen molar-refractivity contribution in [2.45, 2.75) is 18.9 Å². The van der Waals surface area contributed by atoms with Gasteiger partial charge in [-0.05, 0) is 83.8 Å². The number of hydrogen-bond donors (Lipinski definition) is 2. The molecule has 2 aliphatic carbocycles. The zero-order chi connectivity index (χ0) is 20.1. The second-order valence-corrected chi connectivity index (χ2v) is 9.20. The van der Waals surface area contributed by atoms with Crippen LogP contribution in [0, 0.1) is 27.2 Å². The molecule has 0 radical (unpaired) electrons. The molecule has 3 fully saturated rings. The van der Waals surface area contributed by atoms with Gasteiger partial charge in [-0.25, -0.2) is 0 Å². The monoisotopic (exact) mass is 502 g/mol. The standard InChI is InChI=1S/C22H19IN2O4/c23-13-4-6-14(7-5-13)24-20(26)11-2-1-3-15(8-11)25-21(27)18-12-9-16-17(10-12)29-22(28)19(16)18/h1-8,12,16-19H,9-10H2,(H,24,26)(H,25,27)/t12-,16+,17+,18-,19+/m1/s1. The summed E-state index contributed by atoms with van der Waals surface area (Å²) in [4.78, 5) is 37.6. The van der Waals surface area contributed by atoms with Crippen LogP contribution in [0.25, 0.3) is 0 Å². The highest BCUT2D eigenvalue weighted by Crippen LogP contribution is 2.57. The summed E-state index contributed by atoms with van der Waals surface area (Å²) in [6.07, 6.45) is 1.68. The van der Waals surface area contributed by atoms with E-state index >= 15 is 0 Å². The lowest BCUT2D eigenvalue weighted by molar-refractivity contribution is -0.145. The molecule has 1 heterocycles. The first-order chi connectivity index (χ1) is 14.0. The highest BCUT2D eigenvalue weighted by atomic mass is 127. The Labute approximate surface area is 181 Å². The number of amides is 2. The van der Waals surface area contributed by atoms with Gasteiger partial charge in [0.25, 0.3) is 5.91 Å². The molecule has 2 saturated carbocycles. The van der Waals surface area contributed by atoms with Gasteiger partial charge < -0.3 is 15.4 Å². The van der Waals surface area contributed by atoms with Gasteiger partial charge in [0.15, 0.2) is 0 Å². The van der Waals surface area contributed by atoms with E-state index in [1.807, 2.05) is 24.3 Å². The molecule has 2 amide bonds. The van der Waals surface area contributed by atoms with E-state index in [-0.39, 0.29) is 47.6 Å². The number of carbonyl (C=O) groups is 3. The topological polar surface area (TPSA) is 84.5 Å². The van der Waals surface area contributed by atoms with E-state index in [0.29, 0.717) is 16.9 Å². The van der Waals surface area contributed by atoms with E-state index < -0.39 is 0 Å². The lowest BCUT2D eigenvalue weighted by atomic mass is 9.79. The van der Waals surface area contributed by atoms with Crippen molar-refractivity contribution >= 4 is 51.7 Å². The SMILES string of the molecule is O=C(Nc1ccc(I)cc1)c1cccc(NC(=O)[C@@H]2[C@@H]3C[C@@H]4[C@@H]2C(=O)O[C@H]4C3)c1. The van der Waals surface area contributed by atoms with Crippen molar-refractivity contribution in [3.63, 3.8) is 0 Å². The summed E-state index contributed by atoms with van der Waals surface area (Å²) in [5.74, 6) is -0.894. The minimum absolute atomic E-state index is 0.00911. The van der Waals surface area contributed by atoms with E-state index in [2.05, 4.69) is 33.2 Å². The number of benzene rings is 2. The van der Waals surface area contributed by atoms with Gasteiger partial charge in [0.1, 0.15) is 6.10 Å². The van der Waals surface area contributed by atoms with Gasteiger partial charge in [-0.1, -0.05) is 6.07 Å². The van der Waals surface area contributed by atoms with Crippen molar-refractivity contribution in [1.29, 1.82) is 0 Å². The molecule has 5 rings (SSSR count). The van der Waals surface area contributed by atoms with Crippen LogP contribution >= 0.6 is 22.6 Å². The summed E-state index contributed by atoms with van der Waals surface area (Å²) in [6, 6.07) is 14.4. The predicted molar refractivity (Wildman–Crippen MR) is 115 cm³/mol. The molecule has 1 saturated heterocycles. The second-order valence-electron chi connectivity index (χ2n) is 7.95. The van der Waals surface area contributed by atoms with Crippen LogP contribution in [0.1, 0.15) is 23.2 Å². The number of nitrogens with one attached hydrogen (secondary N) is 2. The molecule has 2 aromatic carbocycles. The van der Waals surface area contributed by atoms with E-state index in [1.165, 1.54) is 0 Å². The summed E-state index contributed by atoms with van der Waals surface area (Å²) in [6.45, 7) is 0. The van der Waals surface area contributed by atoms with Crippen molar-refractivity contribution in [3.05, 3.63) is 57.7 Å². The molecule has 0 unspecified atom stereocenters. The number of anilines is 2. The maximum atomic E-state index is 12.9. The second kappa shape index (κ2) is 7.12. The zero-order valence-electron chi connectivity index (χ0n) is 15.4. The number of fused-ring (bicyclic) bond motifs is 1. The van der Waals surface area contributed by atoms with Crippen LogP contribution in [-0.4, -0.2) is 23.9 Å². The summed E-state index contributed by atoms with van der Waals surface area (Å²) >= 11 is 2.21. The molecule has 5 atom stereocenters. The Morgan fingerprint density at radius 3 is 2.59 bits per heavy atom. The normalized spacial score (nSPS) is 28.9. The van der Waals surface area contributed by atoms with Gasteiger partial charge in [0.05, 0.1) is 11.8 Å². The van der Waals surface area contributed by atoms with Crippen LogP contribution < -0.4 is 10.6 Å². The molecule has 3 aliphatic rings. The fraction of sp³-hybridized carbons (Fsp3) is 0.318. The summed E-state index contributed by atoms with van der Waals surface area (Å²) in [7, 11) is 0. The Morgan fingerprint density at radius 2 is 1.79 bits per heavy atom. The first-order valence-corrected chi connectivity index (χ1v) is 10.8. The van der Waals surface area contributed by atoms with Gasteiger partial charge in [0, 0.05) is 26.4 Å². The van der Waals surface area contributed by atoms with Crippen molar-refractivity contribution in [2.75, 3.05) is 10.6 Å². The zero-order valence-corrected chi connectivity index (χ0v) is 17.6. The Hall–Kier alpha value is -2.42. The number of ether oxygens (including phenoxy) is 1. The molecule has 148 valence electrons. The highest BCUT2D eigenvalue weighted by Gasteiger charge is 2.63. The third kappa shape index (κ3) is 3.31. The lowest BCUT2D eigenvalue weighted by Gasteiger charge is -2.23. The average Bonchev–Trinajstić information content (AvgIpc) is 3.32. The largest absolute Gasteiger partial charge is 0.462 e. The molecule has 1 aliphatic heterocycles. The quantitative estimate of drug-likeness (QED) is 0.494. The minimum atomic E-state index is -0.337. The van der Waals surface area contributed by atoms with Gasteiger partial charge in [-0.2, -0.15) is 0 Å². The Bertz CT molecular complexity index is 1000. The van der Waals surface area contributed by atoms with Crippen LogP contribution in [0.4, 0.5) is 11.4 Å². The molecule has 0 aromatic heterocycles. The Morgan fingerprint density at radius 1 is 1.00 bits per heavy atom. The average molecular weight is 502 g/mol. The first-order valence-electron chi connectivity index (χ1n) is 9.68. The van der Waals surface area contributed by atoms with Crippen molar-refractivity contribution in [1.82, 2.24) is 0 Å². The van der Waals surface area contributed by atoms with E-state index in [1.54, 1.807) is 24.3 Å². The fourth-order valence-electron chi connectivity index (χ4n) is 5.06. The third-order valence-corrected chi connectivity index (χ3v) is 7.00. The number of halogens is 1. The van der Waals surface area contributed by atoms with Crippen molar-refractivity contribution in [3.8, 4) is 0 Å². The smallest absolute Gasteiger partial charge is 0.310 e. The van der Waals surface area contributed by atoms with Crippen molar-refractivity contribution in [2.24, 2.45) is 23.7 Å². The number of carbonyl (C=O) groups excluding carboxylic acids is 3. The number of hydrogen-bond acceptors (Lipinski definition) is 4. The number of rotatable bonds is 4. The Balaban J connectivity index is 1.29. The van der Waals surface area contributed by atoms with Gasteiger partial charge >= 0.3 is 5.97 Å². The van der Waals surface area contributed by atoms with Crippen LogP contribution in [0.15, 0.2) is 48.5 Å². The molecule has 0 spiro atoms. The summed E-state index contributed by atoms with van der Waals surface area (Å²) in [5.41, 5.74) is 1.71. The van der Waals surface area contributed by atoms with E-state index in [4.69, 9.17) is 4.74 Å². The molecule has 7 heteroatoms. The van der Waals surface area contributed by atoms with Crippen LogP contribution in [0.3, 0.4) is 0 Å². The lowest BCUT2D eigenvalue weighted by Crippen LogP contribution is -2.35. The van der Waals surface area contributed by atoms with Crippen molar-refractivity contribution < 1.29 is 19.1 Å². The third-order valence-electron chi connectivity index (χ3n) is 6.28. The van der Waals surface area contributed by atoms with E-state index in [0.717, 1.165) is 16.4 Å². The molecule has 6 nitrogen and oxygen atoms in total.